The molecule has 592 valence electrons. The molecule has 0 heterocycles. The fraction of sp³-hybridized carbons (Fsp3) is 0.703. The minimum Gasteiger partial charge on any atom is -0.542 e. The van der Waals surface area contributed by atoms with Crippen LogP contribution in [0.5, 0.6) is 0 Å². The molecule has 0 unspecified atom stereocenters. The second kappa shape index (κ2) is 63.1. The van der Waals surface area contributed by atoms with Crippen LogP contribution in [0.25, 0.3) is 0 Å². The molecule has 3 amide bonds. The van der Waals surface area contributed by atoms with Gasteiger partial charge in [-0.25, -0.2) is 0 Å². The van der Waals surface area contributed by atoms with Crippen LogP contribution < -0.4 is 37.4 Å². The molecular weight excluding hydrogens is 1510 g/mol. The van der Waals surface area contributed by atoms with Gasteiger partial charge in [0.05, 0.1) is 75.2 Å². The zero-order chi connectivity index (χ0) is 80.8. The Balaban J connectivity index is -0.000000325. The molecule has 0 fully saturated rings. The quantitative estimate of drug-likeness (QED) is 0.0104. The van der Waals surface area contributed by atoms with Gasteiger partial charge in [0, 0.05) is 19.3 Å². The van der Waals surface area contributed by atoms with Crippen LogP contribution in [0, 0.1) is 49.4 Å². The first-order valence-electron chi connectivity index (χ1n) is 30.7. The molecule has 103 heavy (non-hydrogen) atoms. The van der Waals surface area contributed by atoms with E-state index in [4.69, 9.17) is 163 Å². The van der Waals surface area contributed by atoms with Gasteiger partial charge in [-0.2, -0.15) is 13.2 Å². The molecule has 0 aromatic carbocycles. The van der Waals surface area contributed by atoms with Crippen molar-refractivity contribution in [1.29, 1.82) is 0 Å². The molecule has 0 radical (unpaired) electrons. The van der Waals surface area contributed by atoms with E-state index in [2.05, 4.69) is 56.0 Å². The average Bonchev–Trinajstić information content (AvgIpc) is 0.887. The van der Waals surface area contributed by atoms with Crippen LogP contribution >= 0.6 is 69.6 Å². The Morgan fingerprint density at radius 1 is 0.417 bits per heavy atom. The third-order valence-electron chi connectivity index (χ3n) is 11.3. The molecule has 0 aliphatic heterocycles. The first-order valence-corrected chi connectivity index (χ1v) is 33.8. The van der Waals surface area contributed by atoms with E-state index in [0.717, 1.165) is 6.42 Å². The number of aliphatic hydroxyl groups is 2. The Morgan fingerprint density at radius 2 is 0.641 bits per heavy atom. The second-order valence-electron chi connectivity index (χ2n) is 23.1. The topological polar surface area (TPSA) is 431 Å². The number of amides is 3. The van der Waals surface area contributed by atoms with E-state index in [9.17, 15) is 61.1 Å². The maximum atomic E-state index is 12.7. The maximum Gasteiger partial charge on any atom is 0.430 e. The number of nitrogens with one attached hydrogen (secondary N) is 5. The highest BCUT2D eigenvalue weighted by Gasteiger charge is 2.35. The van der Waals surface area contributed by atoms with E-state index in [1.807, 2.05) is 20.8 Å². The van der Waals surface area contributed by atoms with Crippen molar-refractivity contribution in [2.75, 3.05) is 148 Å². The SMILES string of the molecule is C#CCOCC(C)(COCC#C)NCC(=O)OCC(C)(COC(=O)CNC(C)(COCC#C)COCC#C)NC(=O)CCC.CC([NH3+])(COC(=O)CCl)COC(=O)CCl.CCCC(=O)NC(C)(CO)CO.CCCC(=O)NC(C)(COC(=O)CCl)COC(=O)CCl.O=C(Cl)CCl.O=C([O-])C(F)(F)F. The number of carbonyl (C=O) groups excluding carboxylic acids is 11. The maximum absolute atomic E-state index is 12.7. The van der Waals surface area contributed by atoms with Gasteiger partial charge in [-0.15, -0.1) is 83.7 Å². The number of carboxylic acids is 1. The molecule has 39 heteroatoms. The first kappa shape index (κ1) is 108. The van der Waals surface area contributed by atoms with Gasteiger partial charge < -0.3 is 89.2 Å². The van der Waals surface area contributed by atoms with Crippen molar-refractivity contribution in [3.05, 3.63) is 0 Å². The average molecular weight is 1610 g/mol. The highest BCUT2D eigenvalue weighted by atomic mass is 35.5. The number of alkyl halides is 8. The standard InChI is InChI=1S/C32H47N3O9.C12H19Cl2NO5.C8H13Cl2NO4.C8H17NO3.C2H2Cl2O.C2HF3O2/c1-9-14-27(36)35-32(8,25-43-28(37)19-33-30(6,21-39-15-10-2)22-40-16-11-3)26-44-29(38)20-34-31(7,23-41-17-12-4)24-42-18-13-5;1-3-4-9(16)15-12(2,7-19-10(17)5-13)8-20-11(18)6-14;1-8(11,4-14-6(12)2-9)5-15-7(13)3-10;1-3-4-7(12)9-8(2,5-10)6-11;3-1-2(4)5;3-2(4,5)1(6)7/h2-5,33-34H,9,14-26H2,1,6-8H3,(H,35,36);3-8H2,1-2H3,(H,15,16);2-5,11H2,1H3;10-11H,3-6H2,1-2H3,(H,9,12);1H2;(H,6,7). The van der Waals surface area contributed by atoms with Crippen molar-refractivity contribution in [1.82, 2.24) is 26.6 Å². The summed E-state index contributed by atoms with van der Waals surface area (Å²) < 4.78 is 83.5. The van der Waals surface area contributed by atoms with Gasteiger partial charge in [0.2, 0.25) is 23.0 Å². The van der Waals surface area contributed by atoms with Gasteiger partial charge in [0.15, 0.2) is 5.54 Å². The van der Waals surface area contributed by atoms with Crippen LogP contribution in [0.2, 0.25) is 0 Å². The number of hydrogen-bond donors (Lipinski definition) is 8. The first-order chi connectivity index (χ1) is 48.0. The molecule has 0 saturated heterocycles. The van der Waals surface area contributed by atoms with Crippen molar-refractivity contribution in [3.8, 4) is 49.4 Å². The highest BCUT2D eigenvalue weighted by molar-refractivity contribution is 6.67. The van der Waals surface area contributed by atoms with Crippen molar-refractivity contribution < 1.29 is 134 Å². The van der Waals surface area contributed by atoms with Gasteiger partial charge in [0.25, 0.3) is 0 Å². The number of carboxylic acid groups (broad SMARTS) is 1. The van der Waals surface area contributed by atoms with E-state index >= 15 is 0 Å². The Morgan fingerprint density at radius 3 is 0.835 bits per heavy atom. The minimum absolute atomic E-state index is 0.0358. The normalized spacial score (nSPS) is 11.0. The summed E-state index contributed by atoms with van der Waals surface area (Å²) >= 11 is 30.7. The lowest BCUT2D eigenvalue weighted by Crippen LogP contribution is -2.75. The number of terminal acetylenes is 4. The fourth-order valence-electron chi connectivity index (χ4n) is 6.20. The number of aliphatic hydroxyl groups excluding tert-OH is 2. The summed E-state index contributed by atoms with van der Waals surface area (Å²) in [6.45, 7) is 14.9. The zero-order valence-electron chi connectivity index (χ0n) is 59.3. The lowest BCUT2D eigenvalue weighted by atomic mass is 10.0. The predicted molar refractivity (Wildman–Crippen MR) is 373 cm³/mol. The van der Waals surface area contributed by atoms with Gasteiger partial charge in [-0.3, -0.25) is 58.6 Å². The van der Waals surface area contributed by atoms with Crippen LogP contribution in [0.4, 0.5) is 13.2 Å². The fourth-order valence-corrected chi connectivity index (χ4v) is 6.51. The molecule has 10 N–H and O–H groups in total. The van der Waals surface area contributed by atoms with Gasteiger partial charge in [-0.1, -0.05) is 44.5 Å². The predicted octanol–water partition coefficient (Wildman–Crippen LogP) is 0.755. The molecule has 0 bridgehead atoms. The number of esters is 6. The molecule has 0 rings (SSSR count). The van der Waals surface area contributed by atoms with Crippen LogP contribution in [0.15, 0.2) is 0 Å². The van der Waals surface area contributed by atoms with Crippen molar-refractivity contribution in [3.63, 3.8) is 0 Å². The number of halogens is 9. The molecular formula is C64H99Cl6F3N6O24. The van der Waals surface area contributed by atoms with E-state index in [1.165, 1.54) is 0 Å². The van der Waals surface area contributed by atoms with Crippen LogP contribution in [0.3, 0.4) is 0 Å². The number of rotatable bonds is 46. The molecule has 0 aromatic rings. The van der Waals surface area contributed by atoms with Crippen molar-refractivity contribution in [2.45, 2.75) is 140 Å². The van der Waals surface area contributed by atoms with Crippen LogP contribution in [-0.4, -0.2) is 263 Å². The summed E-state index contributed by atoms with van der Waals surface area (Å²) in [6, 6.07) is 0. The lowest BCUT2D eigenvalue weighted by Gasteiger charge is -2.32. The van der Waals surface area contributed by atoms with Crippen molar-refractivity contribution in [2.24, 2.45) is 0 Å². The number of carbonyl (C=O) groups is 11. The summed E-state index contributed by atoms with van der Waals surface area (Å²) in [7, 11) is 0. The molecule has 0 atom stereocenters. The van der Waals surface area contributed by atoms with E-state index in [1.54, 1.807) is 41.5 Å². The second-order valence-corrected chi connectivity index (χ2v) is 24.8. The molecule has 0 aliphatic carbocycles. The molecule has 0 spiro atoms. The van der Waals surface area contributed by atoms with Gasteiger partial charge in [-0.05, 0) is 72.4 Å². The minimum atomic E-state index is -5.19. The van der Waals surface area contributed by atoms with Crippen molar-refractivity contribution >= 4 is 134 Å². The number of hydrogen-bond acceptors (Lipinski definition) is 26. The summed E-state index contributed by atoms with van der Waals surface area (Å²) in [5.74, 6) is 1.21. The number of ether oxygens (including phenoxy) is 10. The van der Waals surface area contributed by atoms with E-state index in [-0.39, 0.29) is 172 Å². The largest absolute Gasteiger partial charge is 0.542 e. The third-order valence-corrected chi connectivity index (χ3v) is 12.7. The molecule has 30 nitrogen and oxygen atoms in total. The summed E-state index contributed by atoms with van der Waals surface area (Å²) in [5, 5.41) is 40.0. The number of aliphatic carboxylic acids is 1. The Kier molecular flexibility index (Phi) is 66.0. The van der Waals surface area contributed by atoms with Crippen LogP contribution in [-0.2, 0) is 100 Å². The lowest BCUT2D eigenvalue weighted by molar-refractivity contribution is -0.482. The number of quaternary nitrogens is 1. The smallest absolute Gasteiger partial charge is 0.430 e. The molecule has 0 aromatic heterocycles. The van der Waals surface area contributed by atoms with E-state index in [0.29, 0.717) is 25.7 Å². The highest BCUT2D eigenvalue weighted by Crippen LogP contribution is 2.14. The Bertz CT molecular complexity index is 2520. The van der Waals surface area contributed by atoms with Gasteiger partial charge in [0.1, 0.15) is 107 Å². The molecule has 0 aliphatic rings. The molecule has 0 saturated carbocycles. The zero-order valence-corrected chi connectivity index (χ0v) is 63.8. The van der Waals surface area contributed by atoms with Gasteiger partial charge >= 0.3 is 42.0 Å². The van der Waals surface area contributed by atoms with E-state index < -0.39 is 86.4 Å². The summed E-state index contributed by atoms with van der Waals surface area (Å²) in [5.41, 5.74) is -1.64. The summed E-state index contributed by atoms with van der Waals surface area (Å²) in [6.07, 6.45) is 18.8. The van der Waals surface area contributed by atoms with Crippen LogP contribution in [0.1, 0.15) is 101 Å². The summed E-state index contributed by atoms with van der Waals surface area (Å²) in [4.78, 5) is 122. The Labute approximate surface area is 629 Å². The Hall–Kier alpha value is -6.22. The monoisotopic (exact) mass is 1600 g/mol. The third kappa shape index (κ3) is 67.4.